The maximum atomic E-state index is 4.45. The maximum absolute atomic E-state index is 4.45. The van der Waals surface area contributed by atoms with Crippen molar-refractivity contribution in [2.24, 2.45) is 9.98 Å². The maximum Gasteiger partial charge on any atom is 0.0949 e. The summed E-state index contributed by atoms with van der Waals surface area (Å²) in [6, 6.07) is 12.6. The van der Waals surface area contributed by atoms with Crippen molar-refractivity contribution in [2.75, 3.05) is 6.54 Å². The van der Waals surface area contributed by atoms with Crippen LogP contribution in [0.25, 0.3) is 10.9 Å². The van der Waals surface area contributed by atoms with E-state index in [2.05, 4.69) is 21.0 Å². The number of hydrogen-bond donors (Lipinski definition) is 0. The van der Waals surface area contributed by atoms with E-state index in [1.165, 1.54) is 0 Å². The van der Waals surface area contributed by atoms with Gasteiger partial charge in [0, 0.05) is 17.6 Å². The smallest absolute Gasteiger partial charge is 0.0949 e. The van der Waals surface area contributed by atoms with Gasteiger partial charge in [-0.2, -0.15) is 4.99 Å². The van der Waals surface area contributed by atoms with Crippen LogP contribution in [0.1, 0.15) is 12.6 Å². The van der Waals surface area contributed by atoms with Gasteiger partial charge in [0.25, 0.3) is 0 Å². The lowest BCUT2D eigenvalue weighted by Gasteiger charge is -2.01. The number of fused-ring (bicyclic) bond motifs is 1. The predicted molar refractivity (Wildman–Crippen MR) is 66.5 cm³/mol. The van der Waals surface area contributed by atoms with Crippen LogP contribution in [-0.2, 0) is 0 Å². The number of para-hydroxylation sites is 1. The van der Waals surface area contributed by atoms with Crippen molar-refractivity contribution in [3.8, 4) is 0 Å². The Balaban J connectivity index is 2.63. The molecule has 0 unspecified atom stereocenters. The third-order valence-corrected chi connectivity index (χ3v) is 2.22. The summed E-state index contributed by atoms with van der Waals surface area (Å²) in [7, 11) is 0. The Kier molecular flexibility index (Phi) is 3.08. The highest BCUT2D eigenvalue weighted by molar-refractivity contribution is 5.90. The highest BCUT2D eigenvalue weighted by atomic mass is 14.8. The molecule has 0 spiro atoms. The number of hydrogen-bond acceptors (Lipinski definition) is 3. The fraction of sp³-hybridized carbons (Fsp3) is 0.231. The highest BCUT2D eigenvalue weighted by Crippen LogP contribution is 2.24. The van der Waals surface area contributed by atoms with Gasteiger partial charge in [-0.15, -0.1) is 0 Å². The SMILES string of the molecule is CCN=C=Nc1cc(C)nc2ccccc12. The second-order valence-corrected chi connectivity index (χ2v) is 3.49. The van der Waals surface area contributed by atoms with E-state index in [-0.39, 0.29) is 0 Å². The van der Waals surface area contributed by atoms with Crippen LogP contribution in [0.3, 0.4) is 0 Å². The van der Waals surface area contributed by atoms with E-state index < -0.39 is 0 Å². The Labute approximate surface area is 94.6 Å². The van der Waals surface area contributed by atoms with Crippen molar-refractivity contribution in [3.05, 3.63) is 36.0 Å². The Morgan fingerprint density at radius 2 is 2.12 bits per heavy atom. The summed E-state index contributed by atoms with van der Waals surface area (Å²) in [5, 5.41) is 1.03. The fourth-order valence-corrected chi connectivity index (χ4v) is 1.54. The van der Waals surface area contributed by atoms with Gasteiger partial charge in [0.15, 0.2) is 0 Å². The summed E-state index contributed by atoms with van der Waals surface area (Å²) in [5.41, 5.74) is 2.79. The zero-order valence-corrected chi connectivity index (χ0v) is 9.44. The molecule has 1 heterocycles. The van der Waals surface area contributed by atoms with Crippen molar-refractivity contribution >= 4 is 22.6 Å². The van der Waals surface area contributed by atoms with Gasteiger partial charge in [0.05, 0.1) is 17.2 Å². The highest BCUT2D eigenvalue weighted by Gasteiger charge is 2.01. The van der Waals surface area contributed by atoms with Gasteiger partial charge in [-0.25, -0.2) is 4.99 Å². The number of aliphatic imine (C=N–C) groups is 2. The molecule has 0 aliphatic heterocycles. The van der Waals surface area contributed by atoms with Gasteiger partial charge in [-0.05, 0) is 26.0 Å². The van der Waals surface area contributed by atoms with Gasteiger partial charge < -0.3 is 0 Å². The first kappa shape index (κ1) is 10.5. The first-order chi connectivity index (χ1) is 7.81. The van der Waals surface area contributed by atoms with Crippen LogP contribution < -0.4 is 0 Å². The molecule has 0 radical (unpaired) electrons. The topological polar surface area (TPSA) is 37.6 Å². The minimum Gasteiger partial charge on any atom is -0.253 e. The molecule has 0 N–H and O–H groups in total. The molecule has 3 heteroatoms. The third kappa shape index (κ3) is 2.15. The molecule has 80 valence electrons. The minimum absolute atomic E-state index is 0.700. The first-order valence-electron chi connectivity index (χ1n) is 5.30. The van der Waals surface area contributed by atoms with Crippen molar-refractivity contribution in [1.82, 2.24) is 4.98 Å². The monoisotopic (exact) mass is 211 g/mol. The van der Waals surface area contributed by atoms with Gasteiger partial charge in [-0.3, -0.25) is 4.98 Å². The van der Waals surface area contributed by atoms with Crippen molar-refractivity contribution in [1.29, 1.82) is 0 Å². The molecule has 0 saturated heterocycles. The van der Waals surface area contributed by atoms with Crippen molar-refractivity contribution in [3.63, 3.8) is 0 Å². The average molecular weight is 211 g/mol. The molecule has 0 aliphatic carbocycles. The third-order valence-electron chi connectivity index (χ3n) is 2.22. The first-order valence-corrected chi connectivity index (χ1v) is 5.30. The van der Waals surface area contributed by atoms with E-state index in [4.69, 9.17) is 0 Å². The van der Waals surface area contributed by atoms with Crippen LogP contribution in [0.2, 0.25) is 0 Å². The largest absolute Gasteiger partial charge is 0.253 e. The van der Waals surface area contributed by atoms with Gasteiger partial charge in [-0.1, -0.05) is 18.2 Å². The standard InChI is InChI=1S/C13H13N3/c1-3-14-9-15-13-8-10(2)16-12-7-5-4-6-11(12)13/h4-8H,3H2,1-2H3. The Morgan fingerprint density at radius 3 is 2.94 bits per heavy atom. The second-order valence-electron chi connectivity index (χ2n) is 3.49. The van der Waals surface area contributed by atoms with Gasteiger partial charge >= 0.3 is 0 Å². The lowest BCUT2D eigenvalue weighted by Crippen LogP contribution is -1.83. The Bertz CT molecular complexity index is 566. The summed E-state index contributed by atoms with van der Waals surface area (Å²) in [6.45, 7) is 4.62. The zero-order valence-electron chi connectivity index (χ0n) is 9.44. The van der Waals surface area contributed by atoms with E-state index in [0.717, 1.165) is 22.3 Å². The number of pyridine rings is 1. The van der Waals surface area contributed by atoms with E-state index in [9.17, 15) is 0 Å². The quantitative estimate of drug-likeness (QED) is 0.702. The van der Waals surface area contributed by atoms with Crippen molar-refractivity contribution in [2.45, 2.75) is 13.8 Å². The van der Waals surface area contributed by atoms with E-state index in [0.29, 0.717) is 6.54 Å². The molecular formula is C13H13N3. The van der Waals surface area contributed by atoms with Crippen molar-refractivity contribution < 1.29 is 0 Å². The molecule has 3 nitrogen and oxygen atoms in total. The zero-order chi connectivity index (χ0) is 11.4. The molecule has 1 aromatic heterocycles. The summed E-state index contributed by atoms with van der Waals surface area (Å²) < 4.78 is 0. The lowest BCUT2D eigenvalue weighted by molar-refractivity contribution is 1.14. The summed E-state index contributed by atoms with van der Waals surface area (Å²) >= 11 is 0. The molecule has 0 amide bonds. The number of aromatic nitrogens is 1. The number of aryl methyl sites for hydroxylation is 1. The fourth-order valence-electron chi connectivity index (χ4n) is 1.54. The average Bonchev–Trinajstić information content (AvgIpc) is 2.29. The Hall–Kier alpha value is -1.99. The molecule has 0 fully saturated rings. The summed E-state index contributed by atoms with van der Waals surface area (Å²) in [4.78, 5) is 12.6. The normalized spacial score (nSPS) is 9.88. The molecule has 2 rings (SSSR count). The van der Waals surface area contributed by atoms with Crippen LogP contribution in [0.5, 0.6) is 0 Å². The van der Waals surface area contributed by atoms with Gasteiger partial charge in [0.2, 0.25) is 0 Å². The molecule has 2 aromatic rings. The number of rotatable bonds is 2. The predicted octanol–water partition coefficient (Wildman–Crippen LogP) is 3.37. The lowest BCUT2D eigenvalue weighted by atomic mass is 10.1. The van der Waals surface area contributed by atoms with E-state index >= 15 is 0 Å². The molecule has 0 aliphatic rings. The molecule has 1 aromatic carbocycles. The number of nitrogens with zero attached hydrogens (tertiary/aromatic N) is 3. The summed E-state index contributed by atoms with van der Waals surface area (Å²) in [5.74, 6) is 0. The summed E-state index contributed by atoms with van der Waals surface area (Å²) in [6.07, 6.45) is 0. The van der Waals surface area contributed by atoms with Gasteiger partial charge in [0.1, 0.15) is 0 Å². The van der Waals surface area contributed by atoms with E-state index in [1.54, 1.807) is 0 Å². The minimum atomic E-state index is 0.700. The van der Waals surface area contributed by atoms with Crippen LogP contribution in [-0.4, -0.2) is 17.5 Å². The van der Waals surface area contributed by atoms with Crippen LogP contribution in [0, 0.1) is 6.92 Å². The molecule has 16 heavy (non-hydrogen) atoms. The Morgan fingerprint density at radius 1 is 1.31 bits per heavy atom. The molecule has 0 atom stereocenters. The molecule has 0 saturated carbocycles. The van der Waals surface area contributed by atoms with Crippen LogP contribution >= 0.6 is 0 Å². The number of benzene rings is 1. The molecular weight excluding hydrogens is 198 g/mol. The van der Waals surface area contributed by atoms with Crippen LogP contribution in [0.4, 0.5) is 5.69 Å². The van der Waals surface area contributed by atoms with Crippen LogP contribution in [0.15, 0.2) is 40.3 Å². The molecule has 0 bridgehead atoms. The second kappa shape index (κ2) is 4.69. The van der Waals surface area contributed by atoms with E-state index in [1.807, 2.05) is 44.2 Å².